The first kappa shape index (κ1) is 15.1. The number of benzene rings is 1. The van der Waals surface area contributed by atoms with Gasteiger partial charge in [0.25, 0.3) is 0 Å². The summed E-state index contributed by atoms with van der Waals surface area (Å²) in [5, 5.41) is 3.24. The number of hydrogen-bond acceptors (Lipinski definition) is 2. The molecule has 4 heteroatoms. The molecule has 102 valence electrons. The summed E-state index contributed by atoms with van der Waals surface area (Å²) in [5.41, 5.74) is 0.450. The summed E-state index contributed by atoms with van der Waals surface area (Å²) >= 11 is 0. The fraction of sp³-hybridized carbons (Fsp3) is 0.571. The molecule has 1 N–H and O–H groups in total. The SMILES string of the molecule is CCCNC(c1ccc(F)cc1F)C(C)OCC. The van der Waals surface area contributed by atoms with Crippen molar-refractivity contribution in [3.63, 3.8) is 0 Å². The van der Waals surface area contributed by atoms with Crippen LogP contribution in [-0.4, -0.2) is 19.3 Å². The molecular formula is C14H21F2NO. The Labute approximate surface area is 107 Å². The normalized spacial score (nSPS) is 14.5. The van der Waals surface area contributed by atoms with Gasteiger partial charge in [-0.05, 0) is 32.9 Å². The van der Waals surface area contributed by atoms with E-state index in [9.17, 15) is 8.78 Å². The van der Waals surface area contributed by atoms with Crippen molar-refractivity contribution in [1.82, 2.24) is 5.32 Å². The van der Waals surface area contributed by atoms with Crippen molar-refractivity contribution in [3.8, 4) is 0 Å². The van der Waals surface area contributed by atoms with Crippen LogP contribution < -0.4 is 5.32 Å². The molecule has 1 rings (SSSR count). The summed E-state index contributed by atoms with van der Waals surface area (Å²) in [7, 11) is 0. The number of rotatable bonds is 7. The monoisotopic (exact) mass is 257 g/mol. The minimum atomic E-state index is -0.561. The Kier molecular flexibility index (Phi) is 6.22. The van der Waals surface area contributed by atoms with Crippen molar-refractivity contribution in [1.29, 1.82) is 0 Å². The highest BCUT2D eigenvalue weighted by Crippen LogP contribution is 2.23. The Morgan fingerprint density at radius 1 is 1.28 bits per heavy atom. The molecule has 0 spiro atoms. The Hall–Kier alpha value is -1.00. The zero-order chi connectivity index (χ0) is 13.5. The van der Waals surface area contributed by atoms with E-state index < -0.39 is 11.6 Å². The minimum absolute atomic E-state index is 0.165. The fourth-order valence-corrected chi connectivity index (χ4v) is 1.94. The molecule has 2 atom stereocenters. The summed E-state index contributed by atoms with van der Waals surface area (Å²) in [4.78, 5) is 0. The molecule has 0 aliphatic heterocycles. The predicted octanol–water partition coefficient (Wildman–Crippen LogP) is 3.43. The van der Waals surface area contributed by atoms with Crippen LogP contribution in [0.1, 0.15) is 38.8 Å². The molecule has 0 radical (unpaired) electrons. The average molecular weight is 257 g/mol. The van der Waals surface area contributed by atoms with Gasteiger partial charge in [0, 0.05) is 18.2 Å². The van der Waals surface area contributed by atoms with E-state index in [1.165, 1.54) is 12.1 Å². The lowest BCUT2D eigenvalue weighted by Crippen LogP contribution is -2.33. The lowest BCUT2D eigenvalue weighted by molar-refractivity contribution is 0.0463. The molecule has 1 aromatic rings. The molecule has 0 saturated heterocycles. The van der Waals surface area contributed by atoms with E-state index in [1.807, 2.05) is 20.8 Å². The van der Waals surface area contributed by atoms with Gasteiger partial charge in [0.15, 0.2) is 0 Å². The maximum atomic E-state index is 13.8. The molecule has 0 aliphatic carbocycles. The molecular weight excluding hydrogens is 236 g/mol. The lowest BCUT2D eigenvalue weighted by Gasteiger charge is -2.26. The van der Waals surface area contributed by atoms with Gasteiger partial charge in [-0.1, -0.05) is 13.0 Å². The molecule has 0 amide bonds. The van der Waals surface area contributed by atoms with Crippen molar-refractivity contribution in [3.05, 3.63) is 35.4 Å². The Morgan fingerprint density at radius 3 is 2.56 bits per heavy atom. The third kappa shape index (κ3) is 4.03. The standard InChI is InChI=1S/C14H21F2NO/c1-4-8-17-14(10(3)18-5-2)12-7-6-11(15)9-13(12)16/h6-7,9-10,14,17H,4-5,8H2,1-3H3. The van der Waals surface area contributed by atoms with E-state index in [0.29, 0.717) is 12.2 Å². The summed E-state index contributed by atoms with van der Waals surface area (Å²) in [6.45, 7) is 7.15. The van der Waals surface area contributed by atoms with E-state index in [1.54, 1.807) is 0 Å². The van der Waals surface area contributed by atoms with Crippen LogP contribution in [0.2, 0.25) is 0 Å². The number of halogens is 2. The zero-order valence-corrected chi connectivity index (χ0v) is 11.2. The van der Waals surface area contributed by atoms with Crippen LogP contribution in [0.4, 0.5) is 8.78 Å². The molecule has 1 aromatic carbocycles. The average Bonchev–Trinajstić information content (AvgIpc) is 2.32. The first-order valence-corrected chi connectivity index (χ1v) is 6.40. The van der Waals surface area contributed by atoms with Crippen molar-refractivity contribution < 1.29 is 13.5 Å². The van der Waals surface area contributed by atoms with Gasteiger partial charge in [-0.15, -0.1) is 0 Å². The van der Waals surface area contributed by atoms with Gasteiger partial charge in [0.05, 0.1) is 12.1 Å². The molecule has 0 heterocycles. The molecule has 2 unspecified atom stereocenters. The Bertz CT molecular complexity index is 371. The van der Waals surface area contributed by atoms with E-state index in [2.05, 4.69) is 5.32 Å². The molecule has 0 saturated carbocycles. The predicted molar refractivity (Wildman–Crippen MR) is 68.5 cm³/mol. The van der Waals surface area contributed by atoms with Crippen LogP contribution >= 0.6 is 0 Å². The van der Waals surface area contributed by atoms with Crippen molar-refractivity contribution in [2.75, 3.05) is 13.2 Å². The highest BCUT2D eigenvalue weighted by atomic mass is 19.1. The van der Waals surface area contributed by atoms with E-state index >= 15 is 0 Å². The van der Waals surface area contributed by atoms with Crippen LogP contribution in [0.15, 0.2) is 18.2 Å². The number of nitrogens with one attached hydrogen (secondary N) is 1. The highest BCUT2D eigenvalue weighted by molar-refractivity contribution is 5.23. The third-order valence-corrected chi connectivity index (χ3v) is 2.81. The van der Waals surface area contributed by atoms with E-state index in [4.69, 9.17) is 4.74 Å². The molecule has 18 heavy (non-hydrogen) atoms. The number of hydrogen-bond donors (Lipinski definition) is 1. The van der Waals surface area contributed by atoms with Crippen LogP contribution in [0, 0.1) is 11.6 Å². The first-order valence-electron chi connectivity index (χ1n) is 6.40. The smallest absolute Gasteiger partial charge is 0.130 e. The second-order valence-corrected chi connectivity index (χ2v) is 4.26. The third-order valence-electron chi connectivity index (χ3n) is 2.81. The lowest BCUT2D eigenvalue weighted by atomic mass is 10.0. The Balaban J connectivity index is 2.93. The van der Waals surface area contributed by atoms with Gasteiger partial charge in [-0.3, -0.25) is 0 Å². The van der Waals surface area contributed by atoms with Gasteiger partial charge in [0.2, 0.25) is 0 Å². The molecule has 0 aliphatic rings. The summed E-state index contributed by atoms with van der Waals surface area (Å²) in [6.07, 6.45) is 0.777. The molecule has 0 aromatic heterocycles. The Morgan fingerprint density at radius 2 is 2.00 bits per heavy atom. The quantitative estimate of drug-likeness (QED) is 0.808. The molecule has 0 bridgehead atoms. The van der Waals surface area contributed by atoms with E-state index in [-0.39, 0.29) is 12.1 Å². The largest absolute Gasteiger partial charge is 0.377 e. The van der Waals surface area contributed by atoms with Gasteiger partial charge in [-0.2, -0.15) is 0 Å². The zero-order valence-electron chi connectivity index (χ0n) is 11.2. The number of ether oxygens (including phenoxy) is 1. The second-order valence-electron chi connectivity index (χ2n) is 4.26. The van der Waals surface area contributed by atoms with Gasteiger partial charge in [0.1, 0.15) is 11.6 Å². The summed E-state index contributed by atoms with van der Waals surface area (Å²) < 4.78 is 32.2. The first-order chi connectivity index (χ1) is 8.60. The van der Waals surface area contributed by atoms with Gasteiger partial charge < -0.3 is 10.1 Å². The van der Waals surface area contributed by atoms with Crippen molar-refractivity contribution >= 4 is 0 Å². The van der Waals surface area contributed by atoms with Crippen molar-refractivity contribution in [2.24, 2.45) is 0 Å². The maximum absolute atomic E-state index is 13.8. The van der Waals surface area contributed by atoms with Crippen LogP contribution in [0.25, 0.3) is 0 Å². The topological polar surface area (TPSA) is 21.3 Å². The molecule has 0 fully saturated rings. The highest BCUT2D eigenvalue weighted by Gasteiger charge is 2.22. The van der Waals surface area contributed by atoms with Gasteiger partial charge in [-0.25, -0.2) is 8.78 Å². The van der Waals surface area contributed by atoms with Crippen LogP contribution in [0.5, 0.6) is 0 Å². The summed E-state index contributed by atoms with van der Waals surface area (Å²) in [5.74, 6) is -1.09. The fourth-order valence-electron chi connectivity index (χ4n) is 1.94. The second kappa shape index (κ2) is 7.44. The maximum Gasteiger partial charge on any atom is 0.130 e. The summed E-state index contributed by atoms with van der Waals surface area (Å²) in [6, 6.07) is 3.41. The van der Waals surface area contributed by atoms with Crippen LogP contribution in [-0.2, 0) is 4.74 Å². The minimum Gasteiger partial charge on any atom is -0.377 e. The molecule has 2 nitrogen and oxygen atoms in total. The van der Waals surface area contributed by atoms with Crippen LogP contribution in [0.3, 0.4) is 0 Å². The van der Waals surface area contributed by atoms with Crippen molar-refractivity contribution in [2.45, 2.75) is 39.3 Å². The van der Waals surface area contributed by atoms with Gasteiger partial charge >= 0.3 is 0 Å². The van der Waals surface area contributed by atoms with E-state index in [0.717, 1.165) is 19.0 Å².